The lowest BCUT2D eigenvalue weighted by Gasteiger charge is -2.07. The van der Waals surface area contributed by atoms with Crippen LogP contribution in [0.1, 0.15) is 5.56 Å². The monoisotopic (exact) mass is 407 g/mol. The summed E-state index contributed by atoms with van der Waals surface area (Å²) < 4.78 is 20.9. The molecule has 1 aliphatic heterocycles. The van der Waals surface area contributed by atoms with Gasteiger partial charge in [0.05, 0.1) is 6.04 Å². The van der Waals surface area contributed by atoms with Crippen molar-refractivity contribution >= 4 is 49.8 Å². The fourth-order valence-electron chi connectivity index (χ4n) is 1.55. The number of benzene rings is 1. The molecular formula is C11H14BrN5O3S2. The van der Waals surface area contributed by atoms with E-state index in [2.05, 4.69) is 15.2 Å². The fourth-order valence-corrected chi connectivity index (χ4v) is 3.03. The van der Waals surface area contributed by atoms with Crippen molar-refractivity contribution in [1.29, 1.82) is 0 Å². The van der Waals surface area contributed by atoms with Gasteiger partial charge in [0.25, 0.3) is 5.91 Å². The average molecular weight is 408 g/mol. The average Bonchev–Trinajstić information content (AvgIpc) is 2.88. The molecular weight excluding hydrogens is 394 g/mol. The molecule has 120 valence electrons. The summed E-state index contributed by atoms with van der Waals surface area (Å²) in [7, 11) is -3.86. The second-order valence-corrected chi connectivity index (χ2v) is 7.23. The van der Waals surface area contributed by atoms with Gasteiger partial charge < -0.3 is 5.73 Å². The van der Waals surface area contributed by atoms with Crippen molar-refractivity contribution in [3.05, 3.63) is 35.9 Å². The fraction of sp³-hybridized carbons (Fsp3) is 0.273. The van der Waals surface area contributed by atoms with E-state index in [1.165, 1.54) is 0 Å². The second-order valence-electron chi connectivity index (χ2n) is 4.26. The molecule has 2 atom stereocenters. The molecule has 1 unspecified atom stereocenters. The lowest BCUT2D eigenvalue weighted by atomic mass is 10.1. The third-order valence-corrected chi connectivity index (χ3v) is 4.98. The van der Waals surface area contributed by atoms with Gasteiger partial charge >= 0.3 is 0 Å². The molecule has 0 bridgehead atoms. The Hall–Kier alpha value is -1.14. The molecule has 0 saturated heterocycles. The molecule has 4 N–H and O–H groups in total. The molecule has 1 aliphatic rings. The SMILES string of the molecule is Br.N[C@@H](Cc1ccccc1)C(=O)N=C1N=NC(S(N)(=O)=O)S1. The van der Waals surface area contributed by atoms with E-state index in [1.54, 1.807) is 0 Å². The van der Waals surface area contributed by atoms with Crippen LogP contribution < -0.4 is 10.9 Å². The van der Waals surface area contributed by atoms with Crippen molar-refractivity contribution < 1.29 is 13.2 Å². The van der Waals surface area contributed by atoms with Crippen LogP contribution in [0.15, 0.2) is 45.6 Å². The van der Waals surface area contributed by atoms with Crippen LogP contribution in [-0.2, 0) is 21.2 Å². The predicted molar refractivity (Wildman–Crippen MR) is 90.2 cm³/mol. The highest BCUT2D eigenvalue weighted by Crippen LogP contribution is 2.26. The Balaban J connectivity index is 0.00000242. The van der Waals surface area contributed by atoms with Crippen molar-refractivity contribution in [3.63, 3.8) is 0 Å². The highest BCUT2D eigenvalue weighted by Gasteiger charge is 2.30. The number of amides is 1. The number of hydrogen-bond donors (Lipinski definition) is 2. The summed E-state index contributed by atoms with van der Waals surface area (Å²) in [6.07, 6.45) is 0.330. The van der Waals surface area contributed by atoms with Crippen LogP contribution in [-0.4, -0.2) is 30.2 Å². The molecule has 1 aromatic carbocycles. The number of sulfonamides is 1. The van der Waals surface area contributed by atoms with Gasteiger partial charge in [-0.05, 0) is 23.7 Å². The maximum absolute atomic E-state index is 11.9. The molecule has 11 heteroatoms. The number of nitrogens with two attached hydrogens (primary N) is 2. The summed E-state index contributed by atoms with van der Waals surface area (Å²) >= 11 is 0.697. The Morgan fingerprint density at radius 2 is 2.00 bits per heavy atom. The number of nitrogens with zero attached hydrogens (tertiary/aromatic N) is 3. The van der Waals surface area contributed by atoms with E-state index >= 15 is 0 Å². The first kappa shape index (κ1) is 18.9. The zero-order valence-electron chi connectivity index (χ0n) is 11.2. The molecule has 22 heavy (non-hydrogen) atoms. The summed E-state index contributed by atoms with van der Waals surface area (Å²) in [5.41, 5.74) is 6.67. The number of thioether (sulfide) groups is 1. The van der Waals surface area contributed by atoms with Crippen LogP contribution in [0.4, 0.5) is 0 Å². The molecule has 0 aromatic heterocycles. The van der Waals surface area contributed by atoms with Gasteiger partial charge in [0, 0.05) is 0 Å². The minimum absolute atomic E-state index is 0. The van der Waals surface area contributed by atoms with E-state index in [-0.39, 0.29) is 22.1 Å². The maximum atomic E-state index is 11.9. The van der Waals surface area contributed by atoms with E-state index in [0.29, 0.717) is 18.2 Å². The molecule has 2 rings (SSSR count). The lowest BCUT2D eigenvalue weighted by molar-refractivity contribution is -0.118. The zero-order chi connectivity index (χ0) is 15.5. The van der Waals surface area contributed by atoms with Gasteiger partial charge in [0.15, 0.2) is 0 Å². The summed E-state index contributed by atoms with van der Waals surface area (Å²) in [6, 6.07) is 8.42. The topological polar surface area (TPSA) is 140 Å². The van der Waals surface area contributed by atoms with Crippen LogP contribution in [0.3, 0.4) is 0 Å². The van der Waals surface area contributed by atoms with Crippen LogP contribution in [0.5, 0.6) is 0 Å². The molecule has 8 nitrogen and oxygen atoms in total. The first-order chi connectivity index (χ1) is 9.86. The number of rotatable bonds is 4. The van der Waals surface area contributed by atoms with Crippen molar-refractivity contribution in [2.45, 2.75) is 17.2 Å². The van der Waals surface area contributed by atoms with Gasteiger partial charge in [-0.25, -0.2) is 13.6 Å². The lowest BCUT2D eigenvalue weighted by Crippen LogP contribution is -2.31. The molecule has 0 fully saturated rings. The Kier molecular flexibility index (Phi) is 6.81. The molecule has 1 heterocycles. The smallest absolute Gasteiger partial charge is 0.265 e. The van der Waals surface area contributed by atoms with Gasteiger partial charge in [0.2, 0.25) is 19.9 Å². The van der Waals surface area contributed by atoms with Crippen LogP contribution in [0.25, 0.3) is 0 Å². The van der Waals surface area contributed by atoms with Crippen molar-refractivity contribution in [2.75, 3.05) is 0 Å². The number of carbonyl (C=O) groups is 1. The maximum Gasteiger partial charge on any atom is 0.265 e. The minimum Gasteiger partial charge on any atom is -0.320 e. The Labute approximate surface area is 142 Å². The molecule has 1 aromatic rings. The highest BCUT2D eigenvalue weighted by atomic mass is 79.9. The summed E-state index contributed by atoms with van der Waals surface area (Å²) in [5, 5.41) is 11.8. The number of carbonyl (C=O) groups excluding carboxylic acids is 1. The number of halogens is 1. The van der Waals surface area contributed by atoms with Gasteiger partial charge in [-0.1, -0.05) is 30.3 Å². The normalized spacial score (nSPS) is 20.6. The van der Waals surface area contributed by atoms with Crippen molar-refractivity contribution in [3.8, 4) is 0 Å². The van der Waals surface area contributed by atoms with E-state index < -0.39 is 26.7 Å². The van der Waals surface area contributed by atoms with Gasteiger partial charge in [0.1, 0.15) is 0 Å². The van der Waals surface area contributed by atoms with Gasteiger partial charge in [-0.2, -0.15) is 10.1 Å². The minimum atomic E-state index is -3.86. The summed E-state index contributed by atoms with van der Waals surface area (Å²) in [6.45, 7) is 0. The molecule has 0 aliphatic carbocycles. The van der Waals surface area contributed by atoms with Gasteiger partial charge in [-0.3, -0.25) is 4.79 Å². The summed E-state index contributed by atoms with van der Waals surface area (Å²) in [5.74, 6) is -0.588. The van der Waals surface area contributed by atoms with Crippen LogP contribution in [0.2, 0.25) is 0 Å². The number of azo groups is 1. The first-order valence-corrected chi connectivity index (χ1v) is 8.36. The predicted octanol–water partition coefficient (Wildman–Crippen LogP) is 0.788. The van der Waals surface area contributed by atoms with Gasteiger partial charge in [-0.15, -0.1) is 22.1 Å². The third-order valence-electron chi connectivity index (χ3n) is 2.55. The second kappa shape index (κ2) is 7.92. The standard InChI is InChI=1S/C11H13N5O3S2.BrH/c12-8(6-7-4-2-1-3-5-7)9(17)14-10-15-16-11(20-10)21(13,18)19;/h1-5,8,11H,6,12H2,(H2,13,18,19);1H/t8-,11?;/m0./s1. The number of aliphatic imine (C=N–C) groups is 1. The Bertz CT molecular complexity index is 693. The van der Waals surface area contributed by atoms with Crippen molar-refractivity contribution in [2.24, 2.45) is 26.1 Å². The molecule has 0 spiro atoms. The Morgan fingerprint density at radius 1 is 1.36 bits per heavy atom. The van der Waals surface area contributed by atoms with E-state index in [1.807, 2.05) is 30.3 Å². The number of hydrogen-bond acceptors (Lipinski definition) is 6. The van der Waals surface area contributed by atoms with E-state index in [4.69, 9.17) is 10.9 Å². The third kappa shape index (κ3) is 5.25. The molecule has 0 saturated carbocycles. The quantitative estimate of drug-likeness (QED) is 0.758. The highest BCUT2D eigenvalue weighted by molar-refractivity contribution is 8.93. The zero-order valence-corrected chi connectivity index (χ0v) is 14.5. The number of amidine groups is 1. The Morgan fingerprint density at radius 3 is 2.55 bits per heavy atom. The molecule has 1 amide bonds. The first-order valence-electron chi connectivity index (χ1n) is 5.87. The number of primary sulfonamides is 1. The largest absolute Gasteiger partial charge is 0.320 e. The van der Waals surface area contributed by atoms with E-state index in [9.17, 15) is 13.2 Å². The van der Waals surface area contributed by atoms with Crippen molar-refractivity contribution in [1.82, 2.24) is 0 Å². The van der Waals surface area contributed by atoms with Crippen LogP contribution >= 0.6 is 28.7 Å². The van der Waals surface area contributed by atoms with E-state index in [0.717, 1.165) is 5.56 Å². The van der Waals surface area contributed by atoms with Crippen LogP contribution in [0, 0.1) is 0 Å². The summed E-state index contributed by atoms with van der Waals surface area (Å²) in [4.78, 5) is 15.5. The molecule has 0 radical (unpaired) electrons.